The molecule has 0 aliphatic carbocycles. The van der Waals surface area contributed by atoms with E-state index in [1.54, 1.807) is 24.0 Å². The molecule has 0 aliphatic heterocycles. The molecule has 1 N–H and O–H groups in total. The van der Waals surface area contributed by atoms with E-state index in [-0.39, 0.29) is 23.1 Å². The molecule has 2 aromatic carbocycles. The molecule has 0 bridgehead atoms. The van der Waals surface area contributed by atoms with Gasteiger partial charge in [-0.1, -0.05) is 59.6 Å². The maximum Gasteiger partial charge on any atom is 0.242 e. The van der Waals surface area contributed by atoms with Crippen LogP contribution in [0.5, 0.6) is 0 Å². The molecule has 0 spiro atoms. The van der Waals surface area contributed by atoms with E-state index in [0.717, 1.165) is 11.1 Å². The Morgan fingerprint density at radius 2 is 1.77 bits per heavy atom. The summed E-state index contributed by atoms with van der Waals surface area (Å²) in [5, 5.41) is 4.15. The first-order chi connectivity index (χ1) is 14.6. The van der Waals surface area contributed by atoms with E-state index in [0.29, 0.717) is 28.8 Å². The molecule has 31 heavy (non-hydrogen) atoms. The Morgan fingerprint density at radius 1 is 1.10 bits per heavy atom. The van der Waals surface area contributed by atoms with Crippen molar-refractivity contribution in [2.75, 3.05) is 12.3 Å². The predicted molar refractivity (Wildman–Crippen MR) is 132 cm³/mol. The third kappa shape index (κ3) is 8.76. The Hall–Kier alpha value is -1.69. The summed E-state index contributed by atoms with van der Waals surface area (Å²) in [7, 11) is 0. The van der Waals surface area contributed by atoms with Crippen molar-refractivity contribution in [3.05, 3.63) is 69.7 Å². The van der Waals surface area contributed by atoms with Gasteiger partial charge in [-0.25, -0.2) is 0 Å². The molecule has 2 aromatic rings. The number of amides is 2. The van der Waals surface area contributed by atoms with Crippen molar-refractivity contribution in [3.8, 4) is 0 Å². The molecule has 4 nitrogen and oxygen atoms in total. The average Bonchev–Trinajstić information content (AvgIpc) is 2.69. The molecule has 2 amide bonds. The van der Waals surface area contributed by atoms with E-state index in [1.807, 2.05) is 57.2 Å². The molecule has 7 heteroatoms. The Labute approximate surface area is 199 Å². The fourth-order valence-electron chi connectivity index (χ4n) is 3.01. The van der Waals surface area contributed by atoms with Crippen LogP contribution in [0.4, 0.5) is 0 Å². The molecule has 0 radical (unpaired) electrons. The molecule has 0 aromatic heterocycles. The Bertz CT molecular complexity index is 885. The van der Waals surface area contributed by atoms with Crippen molar-refractivity contribution in [3.63, 3.8) is 0 Å². The van der Waals surface area contributed by atoms with Crippen LogP contribution < -0.4 is 5.32 Å². The van der Waals surface area contributed by atoms with Gasteiger partial charge in [0.05, 0.1) is 5.75 Å². The number of halogens is 2. The largest absolute Gasteiger partial charge is 0.350 e. The van der Waals surface area contributed by atoms with Crippen LogP contribution in [0, 0.1) is 0 Å². The second kappa shape index (κ2) is 11.8. The van der Waals surface area contributed by atoms with Gasteiger partial charge in [0.15, 0.2) is 0 Å². The van der Waals surface area contributed by atoms with Crippen LogP contribution in [0.1, 0.15) is 38.8 Å². The maximum atomic E-state index is 13.1. The standard InChI is InChI=1S/C24H30Cl2N2O2S/c1-17(23(30)27-24(2,3)4)28(13-12-18-8-6-5-7-9-18)22(29)16-31-15-19-10-11-20(25)14-21(19)26/h5-11,14,17H,12-13,15-16H2,1-4H3,(H,27,30)/t17-/m0/s1. The molecule has 0 saturated heterocycles. The second-order valence-corrected chi connectivity index (χ2v) is 10.3. The van der Waals surface area contributed by atoms with E-state index < -0.39 is 6.04 Å². The quantitative estimate of drug-likeness (QED) is 0.507. The van der Waals surface area contributed by atoms with Crippen molar-refractivity contribution in [1.82, 2.24) is 10.2 Å². The Balaban J connectivity index is 2.04. The molecule has 0 unspecified atom stereocenters. The number of hydrogen-bond acceptors (Lipinski definition) is 3. The first-order valence-corrected chi connectivity index (χ1v) is 12.1. The molecular formula is C24H30Cl2N2O2S. The Kier molecular flexibility index (Phi) is 9.73. The van der Waals surface area contributed by atoms with Crippen LogP contribution in [-0.2, 0) is 21.8 Å². The summed E-state index contributed by atoms with van der Waals surface area (Å²) in [6, 6.07) is 14.8. The van der Waals surface area contributed by atoms with Crippen molar-refractivity contribution in [1.29, 1.82) is 0 Å². The highest BCUT2D eigenvalue weighted by atomic mass is 35.5. The van der Waals surface area contributed by atoms with E-state index in [9.17, 15) is 9.59 Å². The number of carbonyl (C=O) groups is 2. The van der Waals surface area contributed by atoms with E-state index in [4.69, 9.17) is 23.2 Å². The van der Waals surface area contributed by atoms with Crippen molar-refractivity contribution >= 4 is 46.8 Å². The smallest absolute Gasteiger partial charge is 0.242 e. The molecule has 0 aliphatic rings. The second-order valence-electron chi connectivity index (χ2n) is 8.47. The molecule has 0 saturated carbocycles. The summed E-state index contributed by atoms with van der Waals surface area (Å²) in [6.45, 7) is 8.05. The Morgan fingerprint density at radius 3 is 2.39 bits per heavy atom. The summed E-state index contributed by atoms with van der Waals surface area (Å²) in [5.41, 5.74) is 1.70. The third-order valence-electron chi connectivity index (χ3n) is 4.65. The van der Waals surface area contributed by atoms with Gasteiger partial charge >= 0.3 is 0 Å². The summed E-state index contributed by atoms with van der Waals surface area (Å²) < 4.78 is 0. The van der Waals surface area contributed by atoms with Gasteiger partial charge in [-0.3, -0.25) is 9.59 Å². The number of rotatable bonds is 9. The lowest BCUT2D eigenvalue weighted by atomic mass is 10.1. The zero-order valence-corrected chi connectivity index (χ0v) is 20.8. The number of carbonyl (C=O) groups excluding carboxylic acids is 2. The van der Waals surface area contributed by atoms with Gasteiger partial charge in [0.1, 0.15) is 6.04 Å². The average molecular weight is 481 g/mol. The molecule has 1 atom stereocenters. The minimum Gasteiger partial charge on any atom is -0.350 e. The summed E-state index contributed by atoms with van der Waals surface area (Å²) in [4.78, 5) is 27.5. The van der Waals surface area contributed by atoms with Crippen LogP contribution in [0.2, 0.25) is 10.0 Å². The number of nitrogens with zero attached hydrogens (tertiary/aromatic N) is 1. The van der Waals surface area contributed by atoms with E-state index in [1.165, 1.54) is 11.8 Å². The number of benzene rings is 2. The molecule has 168 valence electrons. The van der Waals surface area contributed by atoms with Crippen LogP contribution in [0.25, 0.3) is 0 Å². The lowest BCUT2D eigenvalue weighted by Gasteiger charge is -2.31. The molecule has 2 rings (SSSR count). The summed E-state index contributed by atoms with van der Waals surface area (Å²) >= 11 is 13.7. The number of thioether (sulfide) groups is 1. The SMILES string of the molecule is C[C@@H](C(=O)NC(C)(C)C)N(CCc1ccccc1)C(=O)CSCc1ccc(Cl)cc1Cl. The third-order valence-corrected chi connectivity index (χ3v) is 6.20. The zero-order valence-electron chi connectivity index (χ0n) is 18.5. The van der Waals surface area contributed by atoms with Gasteiger partial charge in [0.2, 0.25) is 11.8 Å². The van der Waals surface area contributed by atoms with Gasteiger partial charge in [0, 0.05) is 27.9 Å². The summed E-state index contributed by atoms with van der Waals surface area (Å²) in [5.74, 6) is 0.639. The van der Waals surface area contributed by atoms with E-state index in [2.05, 4.69) is 5.32 Å². The van der Waals surface area contributed by atoms with Crippen molar-refractivity contribution in [2.45, 2.75) is 51.4 Å². The maximum absolute atomic E-state index is 13.1. The normalized spacial score (nSPS) is 12.3. The van der Waals surface area contributed by atoms with Crippen LogP contribution >= 0.6 is 35.0 Å². The minimum absolute atomic E-state index is 0.0671. The lowest BCUT2D eigenvalue weighted by Crippen LogP contribution is -2.53. The van der Waals surface area contributed by atoms with Gasteiger partial charge < -0.3 is 10.2 Å². The van der Waals surface area contributed by atoms with Gasteiger partial charge in [-0.15, -0.1) is 11.8 Å². The van der Waals surface area contributed by atoms with Crippen LogP contribution in [-0.4, -0.2) is 40.6 Å². The monoisotopic (exact) mass is 480 g/mol. The predicted octanol–water partition coefficient (Wildman–Crippen LogP) is 5.60. The van der Waals surface area contributed by atoms with Crippen molar-refractivity contribution in [2.24, 2.45) is 0 Å². The fraction of sp³-hybridized carbons (Fsp3) is 0.417. The van der Waals surface area contributed by atoms with Gasteiger partial charge in [0.25, 0.3) is 0 Å². The van der Waals surface area contributed by atoms with Crippen molar-refractivity contribution < 1.29 is 9.59 Å². The van der Waals surface area contributed by atoms with E-state index >= 15 is 0 Å². The first-order valence-electron chi connectivity index (χ1n) is 10.2. The highest BCUT2D eigenvalue weighted by Gasteiger charge is 2.27. The number of nitrogens with one attached hydrogen (secondary N) is 1. The van der Waals surface area contributed by atoms with Crippen LogP contribution in [0.3, 0.4) is 0 Å². The fourth-order valence-corrected chi connectivity index (χ4v) is 4.48. The molecular weight excluding hydrogens is 451 g/mol. The lowest BCUT2D eigenvalue weighted by molar-refractivity contribution is -0.138. The van der Waals surface area contributed by atoms with Crippen LogP contribution in [0.15, 0.2) is 48.5 Å². The first kappa shape index (κ1) is 25.6. The topological polar surface area (TPSA) is 49.4 Å². The molecule has 0 heterocycles. The van der Waals surface area contributed by atoms with Gasteiger partial charge in [-0.2, -0.15) is 0 Å². The zero-order chi connectivity index (χ0) is 23.0. The highest BCUT2D eigenvalue weighted by molar-refractivity contribution is 7.99. The molecule has 0 fully saturated rings. The van der Waals surface area contributed by atoms with Gasteiger partial charge in [-0.05, 0) is 57.4 Å². The summed E-state index contributed by atoms with van der Waals surface area (Å²) in [6.07, 6.45) is 0.688. The minimum atomic E-state index is -0.560. The highest BCUT2D eigenvalue weighted by Crippen LogP contribution is 2.25. The number of hydrogen-bond donors (Lipinski definition) is 1.